The van der Waals surface area contributed by atoms with E-state index in [9.17, 15) is 8.42 Å². The van der Waals surface area contributed by atoms with Crippen molar-refractivity contribution in [2.45, 2.75) is 44.9 Å². The van der Waals surface area contributed by atoms with Crippen molar-refractivity contribution in [1.82, 2.24) is 15.2 Å². The van der Waals surface area contributed by atoms with E-state index in [0.717, 1.165) is 54.9 Å². The summed E-state index contributed by atoms with van der Waals surface area (Å²) in [5, 5.41) is 7.79. The molecule has 2 saturated heterocycles. The van der Waals surface area contributed by atoms with E-state index in [1.807, 2.05) is 24.5 Å². The lowest BCUT2D eigenvalue weighted by atomic mass is 9.81. The molecule has 0 bridgehead atoms. The lowest BCUT2D eigenvalue weighted by Crippen LogP contribution is -2.36. The second-order valence-electron chi connectivity index (χ2n) is 10.2. The van der Waals surface area contributed by atoms with Crippen LogP contribution in [0.15, 0.2) is 42.7 Å². The zero-order chi connectivity index (χ0) is 22.6. The molecule has 1 aromatic carbocycles. The number of sulfone groups is 1. The molecule has 33 heavy (non-hydrogen) atoms. The van der Waals surface area contributed by atoms with E-state index in [0.29, 0.717) is 17.4 Å². The van der Waals surface area contributed by atoms with Crippen LogP contribution in [0.2, 0.25) is 0 Å². The number of anilines is 1. The highest BCUT2D eigenvalue weighted by Crippen LogP contribution is 2.49. The third kappa shape index (κ3) is 3.86. The van der Waals surface area contributed by atoms with Gasteiger partial charge in [-0.15, -0.1) is 0 Å². The van der Waals surface area contributed by atoms with E-state index in [2.05, 4.69) is 45.2 Å². The second-order valence-corrected chi connectivity index (χ2v) is 12.5. The third-order valence-corrected chi connectivity index (χ3v) is 9.55. The molecule has 0 radical (unpaired) electrons. The quantitative estimate of drug-likeness (QED) is 0.606. The first kappa shape index (κ1) is 20.9. The summed E-state index contributed by atoms with van der Waals surface area (Å²) < 4.78 is 24.0. The van der Waals surface area contributed by atoms with Gasteiger partial charge in [0.05, 0.1) is 11.5 Å². The SMILES string of the molecule is Cc1[nH]nc(-c2ccncc2)c1-c1ccc(N2CCC3(CCS(=O)(=O)CC3)C2)c(C2CC2)c1. The maximum atomic E-state index is 12.0. The van der Waals surface area contributed by atoms with Crippen LogP contribution in [0.5, 0.6) is 0 Å². The molecule has 0 amide bonds. The van der Waals surface area contributed by atoms with Gasteiger partial charge in [-0.2, -0.15) is 5.10 Å². The molecule has 4 heterocycles. The first-order valence-electron chi connectivity index (χ1n) is 12.0. The highest BCUT2D eigenvalue weighted by atomic mass is 32.2. The van der Waals surface area contributed by atoms with Crippen LogP contribution in [-0.2, 0) is 9.84 Å². The maximum Gasteiger partial charge on any atom is 0.150 e. The number of aromatic amines is 1. The van der Waals surface area contributed by atoms with Crippen molar-refractivity contribution in [2.24, 2.45) is 5.41 Å². The standard InChI is InChI=1S/C26H30N4O2S/c1-18-24(25(29-28-18)20-6-11-27-12-7-20)21-4-5-23(22(16-21)19-2-3-19)30-13-8-26(17-30)9-14-33(31,32)15-10-26/h4-7,11-12,16,19H,2-3,8-10,13-15,17H2,1H3,(H,28,29). The lowest BCUT2D eigenvalue weighted by molar-refractivity contribution is 0.292. The summed E-state index contributed by atoms with van der Waals surface area (Å²) in [6, 6.07) is 10.9. The van der Waals surface area contributed by atoms with Crippen LogP contribution in [0, 0.1) is 12.3 Å². The predicted molar refractivity (Wildman–Crippen MR) is 131 cm³/mol. The molecule has 1 N–H and O–H groups in total. The Balaban J connectivity index is 1.34. The van der Waals surface area contributed by atoms with Gasteiger partial charge in [0.2, 0.25) is 0 Å². The van der Waals surface area contributed by atoms with Gasteiger partial charge in [0.1, 0.15) is 15.5 Å². The molecule has 0 unspecified atom stereocenters. The fourth-order valence-corrected chi connectivity index (χ4v) is 7.43. The first-order chi connectivity index (χ1) is 15.9. The largest absolute Gasteiger partial charge is 0.371 e. The van der Waals surface area contributed by atoms with Gasteiger partial charge in [-0.3, -0.25) is 10.1 Å². The van der Waals surface area contributed by atoms with E-state index >= 15 is 0 Å². The van der Waals surface area contributed by atoms with Gasteiger partial charge in [0.25, 0.3) is 0 Å². The minimum absolute atomic E-state index is 0.167. The number of H-pyrrole nitrogens is 1. The van der Waals surface area contributed by atoms with Crippen LogP contribution in [0.3, 0.4) is 0 Å². The van der Waals surface area contributed by atoms with E-state index in [1.165, 1.54) is 29.7 Å². The van der Waals surface area contributed by atoms with E-state index in [1.54, 1.807) is 0 Å². The number of aromatic nitrogens is 3. The molecule has 1 aliphatic carbocycles. The smallest absolute Gasteiger partial charge is 0.150 e. The minimum Gasteiger partial charge on any atom is -0.371 e. The number of nitrogens with zero attached hydrogens (tertiary/aromatic N) is 3. The summed E-state index contributed by atoms with van der Waals surface area (Å²) in [5.41, 5.74) is 8.41. The van der Waals surface area contributed by atoms with Crippen molar-refractivity contribution in [2.75, 3.05) is 29.5 Å². The monoisotopic (exact) mass is 462 g/mol. The summed E-state index contributed by atoms with van der Waals surface area (Å²) >= 11 is 0. The number of pyridine rings is 1. The van der Waals surface area contributed by atoms with Crippen LogP contribution >= 0.6 is 0 Å². The molecule has 1 spiro atoms. The van der Waals surface area contributed by atoms with Crippen molar-refractivity contribution in [3.05, 3.63) is 54.0 Å². The van der Waals surface area contributed by atoms with Gasteiger partial charge in [-0.1, -0.05) is 6.07 Å². The number of nitrogens with one attached hydrogen (secondary N) is 1. The van der Waals surface area contributed by atoms with Crippen LogP contribution in [-0.4, -0.2) is 48.2 Å². The molecule has 6 nitrogen and oxygen atoms in total. The van der Waals surface area contributed by atoms with Gasteiger partial charge in [-0.05, 0) is 85.8 Å². The summed E-state index contributed by atoms with van der Waals surface area (Å²) in [4.78, 5) is 6.68. The minimum atomic E-state index is -2.83. The van der Waals surface area contributed by atoms with Crippen molar-refractivity contribution in [1.29, 1.82) is 0 Å². The third-order valence-electron chi connectivity index (χ3n) is 7.90. The Hall–Kier alpha value is -2.67. The molecule has 1 saturated carbocycles. The summed E-state index contributed by atoms with van der Waals surface area (Å²) in [7, 11) is -2.83. The maximum absolute atomic E-state index is 12.0. The summed E-state index contributed by atoms with van der Waals surface area (Å²) in [6.45, 7) is 4.08. The average Bonchev–Trinajstić information content (AvgIpc) is 3.48. The number of hydrogen-bond acceptors (Lipinski definition) is 5. The van der Waals surface area contributed by atoms with E-state index < -0.39 is 9.84 Å². The topological polar surface area (TPSA) is 79.0 Å². The zero-order valence-electron chi connectivity index (χ0n) is 19.0. The van der Waals surface area contributed by atoms with Crippen LogP contribution < -0.4 is 4.90 Å². The Labute approximate surface area is 195 Å². The Kier molecular flexibility index (Phi) is 4.87. The molecule has 3 fully saturated rings. The highest BCUT2D eigenvalue weighted by Gasteiger charge is 2.43. The van der Waals surface area contributed by atoms with Gasteiger partial charge >= 0.3 is 0 Å². The average molecular weight is 463 g/mol. The Morgan fingerprint density at radius 2 is 1.79 bits per heavy atom. The second kappa shape index (κ2) is 7.69. The number of rotatable bonds is 4. The molecular formula is C26H30N4O2S. The van der Waals surface area contributed by atoms with E-state index in [-0.39, 0.29) is 5.41 Å². The van der Waals surface area contributed by atoms with Crippen LogP contribution in [0.1, 0.15) is 49.3 Å². The molecule has 6 rings (SSSR count). The number of benzene rings is 1. The van der Waals surface area contributed by atoms with Crippen molar-refractivity contribution < 1.29 is 8.42 Å². The van der Waals surface area contributed by atoms with Gasteiger partial charge in [-0.25, -0.2) is 8.42 Å². The summed E-state index contributed by atoms with van der Waals surface area (Å²) in [6.07, 6.45) is 8.83. The zero-order valence-corrected chi connectivity index (χ0v) is 19.9. The molecule has 3 aliphatic rings. The summed E-state index contributed by atoms with van der Waals surface area (Å²) in [5.74, 6) is 1.33. The molecular weight excluding hydrogens is 432 g/mol. The molecule has 2 aliphatic heterocycles. The normalized spacial score (nSPS) is 21.5. The Bertz CT molecular complexity index is 1280. The van der Waals surface area contributed by atoms with Crippen LogP contribution in [0.4, 0.5) is 5.69 Å². The van der Waals surface area contributed by atoms with Gasteiger partial charge in [0, 0.05) is 48.0 Å². The van der Waals surface area contributed by atoms with Gasteiger partial charge in [0.15, 0.2) is 0 Å². The molecule has 7 heteroatoms. The first-order valence-corrected chi connectivity index (χ1v) is 13.8. The molecule has 172 valence electrons. The van der Waals surface area contributed by atoms with E-state index in [4.69, 9.17) is 0 Å². The highest BCUT2D eigenvalue weighted by molar-refractivity contribution is 7.91. The molecule has 2 aromatic heterocycles. The van der Waals surface area contributed by atoms with Crippen LogP contribution in [0.25, 0.3) is 22.4 Å². The van der Waals surface area contributed by atoms with Crippen molar-refractivity contribution in [3.8, 4) is 22.4 Å². The predicted octanol–water partition coefficient (Wildman–Crippen LogP) is 4.73. The molecule has 0 atom stereocenters. The number of aryl methyl sites for hydroxylation is 1. The Morgan fingerprint density at radius 3 is 2.52 bits per heavy atom. The van der Waals surface area contributed by atoms with Crippen molar-refractivity contribution in [3.63, 3.8) is 0 Å². The fourth-order valence-electron chi connectivity index (χ4n) is 5.74. The lowest BCUT2D eigenvalue weighted by Gasteiger charge is -2.33. The van der Waals surface area contributed by atoms with Gasteiger partial charge < -0.3 is 4.90 Å². The molecule has 3 aromatic rings. The number of hydrogen-bond donors (Lipinski definition) is 1. The Morgan fingerprint density at radius 1 is 1.03 bits per heavy atom. The van der Waals surface area contributed by atoms with Crippen molar-refractivity contribution >= 4 is 15.5 Å². The fraction of sp³-hybridized carbons (Fsp3) is 0.462.